The van der Waals surface area contributed by atoms with E-state index in [1.807, 2.05) is 36.4 Å². The van der Waals surface area contributed by atoms with Gasteiger partial charge in [-0.15, -0.1) is 23.1 Å². The van der Waals surface area contributed by atoms with Crippen LogP contribution in [0.4, 0.5) is 0 Å². The normalized spacial score (nSPS) is 10.3. The fourth-order valence-corrected chi connectivity index (χ4v) is 3.67. The van der Waals surface area contributed by atoms with Crippen LogP contribution >= 0.6 is 23.1 Å². The molecule has 0 bridgehead atoms. The molecule has 0 aliphatic heterocycles. The van der Waals surface area contributed by atoms with Crippen LogP contribution in [0.15, 0.2) is 41.3 Å². The number of Topliss-reactive ketones (excluding diaryl/α,β-unsaturated/α-hetero) is 1. The van der Waals surface area contributed by atoms with E-state index in [-0.39, 0.29) is 11.7 Å². The fourth-order valence-electron chi connectivity index (χ4n) is 1.79. The van der Waals surface area contributed by atoms with Crippen LogP contribution in [-0.2, 0) is 11.3 Å². The van der Waals surface area contributed by atoms with Crippen LogP contribution in [0.3, 0.4) is 0 Å². The summed E-state index contributed by atoms with van der Waals surface area (Å²) in [5.41, 5.74) is 0. The van der Waals surface area contributed by atoms with E-state index in [4.69, 9.17) is 4.74 Å². The smallest absolute Gasteiger partial charge is 0.217 e. The van der Waals surface area contributed by atoms with Crippen molar-refractivity contribution in [1.82, 2.24) is 5.32 Å². The first kappa shape index (κ1) is 16.6. The van der Waals surface area contributed by atoms with Crippen LogP contribution in [0.1, 0.15) is 21.5 Å². The summed E-state index contributed by atoms with van der Waals surface area (Å²) in [5.74, 6) is 1.14. The molecule has 1 heterocycles. The standard InChI is InChI=1S/C16H17NO3S2/c1-11(18)17-9-12-7-8-15(22-12)13(19)10-21-16-6-4-3-5-14(16)20-2/h3-8H,9-10H2,1-2H3,(H,17,18). The van der Waals surface area contributed by atoms with Gasteiger partial charge in [-0.25, -0.2) is 0 Å². The van der Waals surface area contributed by atoms with Gasteiger partial charge in [0.15, 0.2) is 5.78 Å². The third kappa shape index (κ3) is 4.61. The van der Waals surface area contributed by atoms with Crippen LogP contribution in [0.2, 0.25) is 0 Å². The van der Waals surface area contributed by atoms with Crippen molar-refractivity contribution in [3.8, 4) is 5.75 Å². The predicted octanol–water partition coefficient (Wildman–Crippen LogP) is 3.37. The molecule has 1 N–H and O–H groups in total. The minimum atomic E-state index is -0.0759. The first-order valence-corrected chi connectivity index (χ1v) is 8.52. The van der Waals surface area contributed by atoms with Crippen molar-refractivity contribution in [2.24, 2.45) is 0 Å². The van der Waals surface area contributed by atoms with Gasteiger partial charge in [-0.3, -0.25) is 9.59 Å². The number of benzene rings is 1. The van der Waals surface area contributed by atoms with Gasteiger partial charge in [-0.05, 0) is 24.3 Å². The highest BCUT2D eigenvalue weighted by molar-refractivity contribution is 8.00. The molecule has 0 unspecified atom stereocenters. The van der Waals surface area contributed by atoms with Gasteiger partial charge in [0.05, 0.1) is 24.3 Å². The number of para-hydroxylation sites is 1. The number of ether oxygens (including phenoxy) is 1. The first-order valence-electron chi connectivity index (χ1n) is 6.72. The number of hydrogen-bond donors (Lipinski definition) is 1. The zero-order valence-corrected chi connectivity index (χ0v) is 14.1. The Hall–Kier alpha value is -1.79. The Morgan fingerprint density at radius 3 is 2.73 bits per heavy atom. The molecule has 0 aliphatic rings. The second kappa shape index (κ2) is 8.00. The lowest BCUT2D eigenvalue weighted by molar-refractivity contribution is -0.119. The van der Waals surface area contributed by atoms with Gasteiger partial charge in [0.2, 0.25) is 5.91 Å². The number of methoxy groups -OCH3 is 1. The van der Waals surface area contributed by atoms with E-state index in [1.165, 1.54) is 30.0 Å². The van der Waals surface area contributed by atoms with E-state index in [2.05, 4.69) is 5.32 Å². The van der Waals surface area contributed by atoms with Crippen molar-refractivity contribution in [2.45, 2.75) is 18.4 Å². The van der Waals surface area contributed by atoms with Crippen molar-refractivity contribution in [2.75, 3.05) is 12.9 Å². The molecule has 2 aromatic rings. The number of rotatable bonds is 7. The second-order valence-corrected chi connectivity index (χ2v) is 6.72. The number of ketones is 1. The van der Waals surface area contributed by atoms with Gasteiger partial charge in [-0.2, -0.15) is 0 Å². The minimum absolute atomic E-state index is 0.0759. The molecule has 1 aromatic carbocycles. The van der Waals surface area contributed by atoms with E-state index >= 15 is 0 Å². The van der Waals surface area contributed by atoms with E-state index in [0.29, 0.717) is 17.2 Å². The summed E-state index contributed by atoms with van der Waals surface area (Å²) in [6, 6.07) is 11.3. The average molecular weight is 335 g/mol. The highest BCUT2D eigenvalue weighted by Gasteiger charge is 2.11. The number of carbonyl (C=O) groups excluding carboxylic acids is 2. The van der Waals surface area contributed by atoms with Gasteiger partial charge in [-0.1, -0.05) is 12.1 Å². The molecule has 0 saturated heterocycles. The van der Waals surface area contributed by atoms with Crippen molar-refractivity contribution in [3.05, 3.63) is 46.2 Å². The van der Waals surface area contributed by atoms with Crippen LogP contribution in [0.25, 0.3) is 0 Å². The Kier molecular flexibility index (Phi) is 6.03. The molecule has 1 aromatic heterocycles. The maximum absolute atomic E-state index is 12.2. The third-order valence-electron chi connectivity index (χ3n) is 2.88. The summed E-state index contributed by atoms with van der Waals surface area (Å²) in [4.78, 5) is 25.8. The summed E-state index contributed by atoms with van der Waals surface area (Å²) < 4.78 is 5.27. The van der Waals surface area contributed by atoms with E-state index in [9.17, 15) is 9.59 Å². The highest BCUT2D eigenvalue weighted by Crippen LogP contribution is 2.29. The van der Waals surface area contributed by atoms with Crippen molar-refractivity contribution in [1.29, 1.82) is 0 Å². The number of thiophene rings is 1. The number of carbonyl (C=O) groups is 2. The van der Waals surface area contributed by atoms with E-state index in [1.54, 1.807) is 7.11 Å². The zero-order valence-electron chi connectivity index (χ0n) is 12.4. The molecule has 0 saturated carbocycles. The maximum Gasteiger partial charge on any atom is 0.217 e. The Morgan fingerprint density at radius 2 is 2.00 bits per heavy atom. The number of hydrogen-bond acceptors (Lipinski definition) is 5. The Labute approximate surface area is 137 Å². The summed E-state index contributed by atoms with van der Waals surface area (Å²) in [6.07, 6.45) is 0. The molecule has 6 heteroatoms. The lowest BCUT2D eigenvalue weighted by Gasteiger charge is -2.06. The van der Waals surface area contributed by atoms with Gasteiger partial charge in [0.1, 0.15) is 5.75 Å². The maximum atomic E-state index is 12.2. The Balaban J connectivity index is 1.93. The molecular formula is C16H17NO3S2. The number of nitrogens with one attached hydrogen (secondary N) is 1. The molecular weight excluding hydrogens is 318 g/mol. The van der Waals surface area contributed by atoms with Gasteiger partial charge in [0.25, 0.3) is 0 Å². The van der Waals surface area contributed by atoms with Crippen molar-refractivity contribution in [3.63, 3.8) is 0 Å². The number of amides is 1. The van der Waals surface area contributed by atoms with Gasteiger partial charge >= 0.3 is 0 Å². The van der Waals surface area contributed by atoms with E-state index in [0.717, 1.165) is 15.5 Å². The third-order valence-corrected chi connectivity index (χ3v) is 5.06. The largest absolute Gasteiger partial charge is 0.496 e. The van der Waals surface area contributed by atoms with Crippen LogP contribution in [-0.4, -0.2) is 24.6 Å². The first-order chi connectivity index (χ1) is 10.6. The SMILES string of the molecule is COc1ccccc1SCC(=O)c1ccc(CNC(C)=O)s1. The highest BCUT2D eigenvalue weighted by atomic mass is 32.2. The van der Waals surface area contributed by atoms with Crippen molar-refractivity contribution < 1.29 is 14.3 Å². The second-order valence-electron chi connectivity index (χ2n) is 4.54. The molecule has 0 spiro atoms. The fraction of sp³-hybridized carbons (Fsp3) is 0.250. The summed E-state index contributed by atoms with van der Waals surface area (Å²) in [6.45, 7) is 1.94. The number of thioether (sulfide) groups is 1. The lowest BCUT2D eigenvalue weighted by Crippen LogP contribution is -2.18. The molecule has 0 aliphatic carbocycles. The molecule has 22 heavy (non-hydrogen) atoms. The summed E-state index contributed by atoms with van der Waals surface area (Å²) >= 11 is 2.88. The lowest BCUT2D eigenvalue weighted by atomic mass is 10.3. The molecule has 116 valence electrons. The van der Waals surface area contributed by atoms with Gasteiger partial charge in [0, 0.05) is 16.7 Å². The molecule has 1 amide bonds. The average Bonchev–Trinajstić information content (AvgIpc) is 3.00. The summed E-state index contributed by atoms with van der Waals surface area (Å²) in [5, 5.41) is 2.73. The Morgan fingerprint density at radius 1 is 1.23 bits per heavy atom. The Bertz CT molecular complexity index is 667. The minimum Gasteiger partial charge on any atom is -0.496 e. The zero-order chi connectivity index (χ0) is 15.9. The summed E-state index contributed by atoms with van der Waals surface area (Å²) in [7, 11) is 1.62. The molecule has 4 nitrogen and oxygen atoms in total. The van der Waals surface area contributed by atoms with Crippen LogP contribution in [0, 0.1) is 0 Å². The van der Waals surface area contributed by atoms with E-state index < -0.39 is 0 Å². The monoisotopic (exact) mass is 335 g/mol. The molecule has 0 radical (unpaired) electrons. The predicted molar refractivity (Wildman–Crippen MR) is 89.9 cm³/mol. The quantitative estimate of drug-likeness (QED) is 0.623. The topological polar surface area (TPSA) is 55.4 Å². The molecule has 0 atom stereocenters. The van der Waals surface area contributed by atoms with Crippen molar-refractivity contribution >= 4 is 34.8 Å². The van der Waals surface area contributed by atoms with Crippen LogP contribution in [0.5, 0.6) is 5.75 Å². The molecule has 2 rings (SSSR count). The van der Waals surface area contributed by atoms with Crippen LogP contribution < -0.4 is 10.1 Å². The molecule has 0 fully saturated rings. The van der Waals surface area contributed by atoms with Gasteiger partial charge < -0.3 is 10.1 Å².